The molecule has 0 bridgehead atoms. The molecule has 178 valence electrons. The highest BCUT2D eigenvalue weighted by Gasteiger charge is 2.29. The number of aliphatic carboxylic acids is 1. The summed E-state index contributed by atoms with van der Waals surface area (Å²) in [4.78, 5) is 35.4. The molecule has 1 aliphatic carbocycles. The molecule has 3 N–H and O–H groups in total. The number of amides is 2. The number of aromatic nitrogens is 3. The molecule has 35 heavy (non-hydrogen) atoms. The van der Waals surface area contributed by atoms with Crippen LogP contribution in [0.15, 0.2) is 54.7 Å². The first-order valence-electron chi connectivity index (χ1n) is 10.9. The van der Waals surface area contributed by atoms with Crippen molar-refractivity contribution in [1.82, 2.24) is 25.6 Å². The number of alkyl carbamates (subject to hydrolysis) is 1. The third-order valence-corrected chi connectivity index (χ3v) is 5.60. The van der Waals surface area contributed by atoms with Crippen LogP contribution < -0.4 is 10.6 Å². The van der Waals surface area contributed by atoms with E-state index >= 15 is 0 Å². The lowest BCUT2D eigenvalue weighted by Crippen LogP contribution is -2.42. The molecular weight excluding hydrogens is 450 g/mol. The number of fused-ring (bicyclic) bond motifs is 3. The van der Waals surface area contributed by atoms with E-state index in [1.54, 1.807) is 0 Å². The van der Waals surface area contributed by atoms with Gasteiger partial charge in [0, 0.05) is 12.3 Å². The Balaban J connectivity index is 1.27. The fourth-order valence-electron chi connectivity index (χ4n) is 4.01. The Morgan fingerprint density at radius 2 is 1.77 bits per heavy atom. The Morgan fingerprint density at radius 1 is 1.11 bits per heavy atom. The normalized spacial score (nSPS) is 12.7. The van der Waals surface area contributed by atoms with Crippen molar-refractivity contribution in [1.29, 1.82) is 0 Å². The topological polar surface area (TPSA) is 135 Å². The smallest absolute Gasteiger partial charge is 0.407 e. The van der Waals surface area contributed by atoms with Crippen LogP contribution in [0.4, 0.5) is 4.79 Å². The number of carboxylic acids is 1. The van der Waals surface area contributed by atoms with E-state index in [9.17, 15) is 14.4 Å². The summed E-state index contributed by atoms with van der Waals surface area (Å²) in [5, 5.41) is 21.7. The quantitative estimate of drug-likeness (QED) is 0.404. The van der Waals surface area contributed by atoms with E-state index in [0.717, 1.165) is 22.3 Å². The maximum absolute atomic E-state index is 12.3. The summed E-state index contributed by atoms with van der Waals surface area (Å²) in [5.41, 5.74) is 4.94. The van der Waals surface area contributed by atoms with Gasteiger partial charge in [0.2, 0.25) is 5.91 Å². The lowest BCUT2D eigenvalue weighted by atomic mass is 9.98. The minimum atomic E-state index is -1.22. The standard InChI is InChI=1S/C25H23N5O5/c1-2-7-22(24(32)33)27-23(31)14-30-13-16(28-29-30)12-26-25(34)35-15-21-19-10-5-3-8-17(19)18-9-4-6-11-20(18)21/h1,3-6,8-11,13,21-22H,7,12,14-15H2,(H,26,34)(H,27,31)(H,32,33). The van der Waals surface area contributed by atoms with Crippen LogP contribution in [0.25, 0.3) is 11.1 Å². The number of carbonyl (C=O) groups is 3. The van der Waals surface area contributed by atoms with Crippen LogP contribution >= 0.6 is 0 Å². The van der Waals surface area contributed by atoms with Gasteiger partial charge in [-0.05, 0) is 22.3 Å². The Kier molecular flexibility index (Phi) is 7.07. The second-order valence-electron chi connectivity index (χ2n) is 7.95. The molecule has 1 heterocycles. The number of carboxylic acid groups (broad SMARTS) is 1. The van der Waals surface area contributed by atoms with Crippen molar-refractivity contribution in [2.24, 2.45) is 0 Å². The lowest BCUT2D eigenvalue weighted by Gasteiger charge is -2.14. The molecule has 1 atom stereocenters. The maximum atomic E-state index is 12.3. The molecule has 0 aliphatic heterocycles. The Hall–Kier alpha value is -4.65. The van der Waals surface area contributed by atoms with E-state index < -0.39 is 24.0 Å². The zero-order valence-corrected chi connectivity index (χ0v) is 18.7. The van der Waals surface area contributed by atoms with E-state index in [1.165, 1.54) is 10.9 Å². The average Bonchev–Trinajstić information content (AvgIpc) is 3.43. The third kappa shape index (κ3) is 5.47. The number of terminal acetylenes is 1. The number of benzene rings is 2. The van der Waals surface area contributed by atoms with Gasteiger partial charge in [-0.1, -0.05) is 53.7 Å². The number of nitrogens with zero attached hydrogens (tertiary/aromatic N) is 3. The molecule has 0 fully saturated rings. The maximum Gasteiger partial charge on any atom is 0.407 e. The first-order chi connectivity index (χ1) is 17.0. The van der Waals surface area contributed by atoms with E-state index in [-0.39, 0.29) is 32.0 Å². The summed E-state index contributed by atoms with van der Waals surface area (Å²) in [5.74, 6) is 0.366. The predicted molar refractivity (Wildman–Crippen MR) is 125 cm³/mol. The number of hydrogen-bond donors (Lipinski definition) is 3. The molecule has 2 aromatic carbocycles. The number of rotatable bonds is 9. The van der Waals surface area contributed by atoms with Gasteiger partial charge in [-0.25, -0.2) is 14.3 Å². The number of hydrogen-bond acceptors (Lipinski definition) is 6. The highest BCUT2D eigenvalue weighted by Crippen LogP contribution is 2.44. The zero-order chi connectivity index (χ0) is 24.8. The molecule has 4 rings (SSSR count). The summed E-state index contributed by atoms with van der Waals surface area (Å²) >= 11 is 0. The Labute approximate surface area is 201 Å². The van der Waals surface area contributed by atoms with Gasteiger partial charge in [0.25, 0.3) is 0 Å². The van der Waals surface area contributed by atoms with E-state index in [4.69, 9.17) is 16.3 Å². The van der Waals surface area contributed by atoms with Crippen LogP contribution in [-0.4, -0.2) is 50.7 Å². The SMILES string of the molecule is C#CCC(NC(=O)Cn1cc(CNC(=O)OCC2c3ccccc3-c3ccccc32)nn1)C(=O)O. The molecule has 0 saturated heterocycles. The molecule has 1 aliphatic rings. The van der Waals surface area contributed by atoms with E-state index in [0.29, 0.717) is 5.69 Å². The third-order valence-electron chi connectivity index (χ3n) is 5.60. The second-order valence-corrected chi connectivity index (χ2v) is 7.95. The van der Waals surface area contributed by atoms with Crippen molar-refractivity contribution >= 4 is 18.0 Å². The lowest BCUT2D eigenvalue weighted by molar-refractivity contribution is -0.141. The fraction of sp³-hybridized carbons (Fsp3) is 0.240. The zero-order valence-electron chi connectivity index (χ0n) is 18.7. The highest BCUT2D eigenvalue weighted by molar-refractivity contribution is 5.83. The van der Waals surface area contributed by atoms with Gasteiger partial charge in [0.1, 0.15) is 24.9 Å². The number of carbonyl (C=O) groups excluding carboxylic acids is 2. The van der Waals surface area contributed by atoms with Crippen molar-refractivity contribution in [3.8, 4) is 23.5 Å². The number of ether oxygens (including phenoxy) is 1. The highest BCUT2D eigenvalue weighted by atomic mass is 16.5. The minimum Gasteiger partial charge on any atom is -0.480 e. The molecular formula is C25H23N5O5. The molecule has 1 aromatic heterocycles. The van der Waals surface area contributed by atoms with Gasteiger partial charge in [-0.3, -0.25) is 4.79 Å². The first kappa shape index (κ1) is 23.5. The van der Waals surface area contributed by atoms with Gasteiger partial charge in [0.05, 0.1) is 12.7 Å². The summed E-state index contributed by atoms with van der Waals surface area (Å²) in [7, 11) is 0. The monoisotopic (exact) mass is 473 g/mol. The van der Waals surface area contributed by atoms with Crippen LogP contribution in [-0.2, 0) is 27.4 Å². The first-order valence-corrected chi connectivity index (χ1v) is 10.9. The van der Waals surface area contributed by atoms with Gasteiger partial charge in [-0.15, -0.1) is 17.4 Å². The molecule has 1 unspecified atom stereocenters. The largest absolute Gasteiger partial charge is 0.480 e. The summed E-state index contributed by atoms with van der Waals surface area (Å²) < 4.78 is 6.72. The van der Waals surface area contributed by atoms with Crippen LogP contribution in [0.1, 0.15) is 29.2 Å². The van der Waals surface area contributed by atoms with E-state index in [1.807, 2.05) is 36.4 Å². The summed E-state index contributed by atoms with van der Waals surface area (Å²) in [6.45, 7) is -0.00540. The van der Waals surface area contributed by atoms with Gasteiger partial charge < -0.3 is 20.5 Å². The van der Waals surface area contributed by atoms with Crippen molar-refractivity contribution in [3.63, 3.8) is 0 Å². The molecule has 10 heteroatoms. The van der Waals surface area contributed by atoms with Gasteiger partial charge >= 0.3 is 12.1 Å². The van der Waals surface area contributed by atoms with Crippen molar-refractivity contribution in [2.75, 3.05) is 6.61 Å². The van der Waals surface area contributed by atoms with E-state index in [2.05, 4.69) is 39.0 Å². The number of nitrogens with one attached hydrogen (secondary N) is 2. The van der Waals surface area contributed by atoms with Crippen molar-refractivity contribution in [2.45, 2.75) is 31.5 Å². The predicted octanol–water partition coefficient (Wildman–Crippen LogP) is 1.91. The summed E-state index contributed by atoms with van der Waals surface area (Å²) in [6, 6.07) is 15.0. The van der Waals surface area contributed by atoms with Crippen LogP contribution in [0.3, 0.4) is 0 Å². The average molecular weight is 473 g/mol. The molecule has 0 saturated carbocycles. The molecule has 2 amide bonds. The fourth-order valence-corrected chi connectivity index (χ4v) is 4.01. The van der Waals surface area contributed by atoms with Gasteiger partial charge in [0.15, 0.2) is 0 Å². The molecule has 10 nitrogen and oxygen atoms in total. The Bertz CT molecular complexity index is 1250. The molecule has 3 aromatic rings. The van der Waals surface area contributed by atoms with Crippen LogP contribution in [0.5, 0.6) is 0 Å². The van der Waals surface area contributed by atoms with Crippen molar-refractivity contribution in [3.05, 3.63) is 71.5 Å². The Morgan fingerprint density at radius 3 is 2.40 bits per heavy atom. The minimum absolute atomic E-state index is 0.0448. The van der Waals surface area contributed by atoms with Gasteiger partial charge in [-0.2, -0.15) is 0 Å². The van der Waals surface area contributed by atoms with Crippen LogP contribution in [0, 0.1) is 12.3 Å². The van der Waals surface area contributed by atoms with Crippen LogP contribution in [0.2, 0.25) is 0 Å². The summed E-state index contributed by atoms with van der Waals surface area (Å²) in [6.07, 6.45) is 5.86. The molecule has 0 spiro atoms. The van der Waals surface area contributed by atoms with Crippen molar-refractivity contribution < 1.29 is 24.2 Å². The molecule has 0 radical (unpaired) electrons. The second kappa shape index (κ2) is 10.5.